The van der Waals surface area contributed by atoms with Crippen LogP contribution in [0, 0.1) is 10.1 Å². The second-order valence-electron chi connectivity index (χ2n) is 2.55. The molecule has 1 amide bonds. The molecule has 0 heterocycles. The number of nitro benzene ring substituents is 1. The van der Waals surface area contributed by atoms with Crippen LogP contribution in [0.25, 0.3) is 0 Å². The Morgan fingerprint density at radius 1 is 1.47 bits per heavy atom. The Kier molecular flexibility index (Phi) is 3.58. The third kappa shape index (κ3) is 3.24. The van der Waals surface area contributed by atoms with Crippen LogP contribution in [0.2, 0.25) is 0 Å². The highest BCUT2D eigenvalue weighted by molar-refractivity contribution is 5.63. The molecule has 1 aromatic rings. The highest BCUT2D eigenvalue weighted by atomic mass is 17.2. The van der Waals surface area contributed by atoms with Gasteiger partial charge in [-0.3, -0.25) is 15.0 Å². The van der Waals surface area contributed by atoms with Crippen molar-refractivity contribution in [2.24, 2.45) is 5.73 Å². The molecular weight excluding hydrogens is 204 g/mol. The van der Waals surface area contributed by atoms with Gasteiger partial charge in [0.25, 0.3) is 5.69 Å². The molecule has 0 aliphatic carbocycles. The van der Waals surface area contributed by atoms with Gasteiger partial charge >= 0.3 is 6.09 Å². The van der Waals surface area contributed by atoms with Gasteiger partial charge in [-0.05, 0) is 6.07 Å². The number of para-hydroxylation sites is 1. The first kappa shape index (κ1) is 10.9. The van der Waals surface area contributed by atoms with E-state index in [9.17, 15) is 14.9 Å². The Bertz CT molecular complexity index is 379. The molecule has 0 fully saturated rings. The molecule has 0 aliphatic rings. The van der Waals surface area contributed by atoms with E-state index in [1.54, 1.807) is 6.07 Å². The Morgan fingerprint density at radius 3 is 2.73 bits per heavy atom. The van der Waals surface area contributed by atoms with Crippen molar-refractivity contribution >= 4 is 11.8 Å². The average Bonchev–Trinajstić information content (AvgIpc) is 2.17. The highest BCUT2D eigenvalue weighted by Gasteiger charge is 2.12. The number of nitrogens with two attached hydrogens (primary N) is 1. The molecule has 0 saturated heterocycles. The minimum Gasteiger partial charge on any atom is -0.333 e. The van der Waals surface area contributed by atoms with E-state index < -0.39 is 11.0 Å². The number of benzene rings is 1. The molecule has 80 valence electrons. The van der Waals surface area contributed by atoms with Crippen LogP contribution in [0.3, 0.4) is 0 Å². The standard InChI is InChI=1S/C8H8N2O5/c9-8(11)15-14-5-6-3-1-2-4-7(6)10(12)13/h1-4H,5H2,(H2,9,11). The molecule has 0 radical (unpaired) electrons. The summed E-state index contributed by atoms with van der Waals surface area (Å²) in [5, 5.41) is 10.5. The van der Waals surface area contributed by atoms with Crippen LogP contribution in [0.15, 0.2) is 24.3 Å². The maximum absolute atomic E-state index is 10.5. The maximum Gasteiger partial charge on any atom is 0.436 e. The van der Waals surface area contributed by atoms with Gasteiger partial charge in [-0.15, -0.1) is 0 Å². The van der Waals surface area contributed by atoms with E-state index >= 15 is 0 Å². The Labute approximate surface area is 84.5 Å². The van der Waals surface area contributed by atoms with Crippen LogP contribution in [0.1, 0.15) is 5.56 Å². The minimum atomic E-state index is -1.10. The summed E-state index contributed by atoms with van der Waals surface area (Å²) in [5.74, 6) is 0. The number of carbonyl (C=O) groups is 1. The number of nitrogens with zero attached hydrogens (tertiary/aromatic N) is 1. The Hall–Kier alpha value is -2.15. The van der Waals surface area contributed by atoms with Gasteiger partial charge in [0.2, 0.25) is 0 Å². The predicted octanol–water partition coefficient (Wildman–Crippen LogP) is 1.12. The average molecular weight is 212 g/mol. The minimum absolute atomic E-state index is 0.106. The van der Waals surface area contributed by atoms with Crippen LogP contribution in [-0.2, 0) is 16.4 Å². The second kappa shape index (κ2) is 4.91. The summed E-state index contributed by atoms with van der Waals surface area (Å²) in [7, 11) is 0. The van der Waals surface area contributed by atoms with Crippen molar-refractivity contribution in [2.75, 3.05) is 0 Å². The quantitative estimate of drug-likeness (QED) is 0.457. The Balaban J connectivity index is 2.67. The van der Waals surface area contributed by atoms with Crippen LogP contribution >= 0.6 is 0 Å². The summed E-state index contributed by atoms with van der Waals surface area (Å²) in [6.45, 7) is -0.222. The van der Waals surface area contributed by atoms with E-state index in [2.05, 4.69) is 15.5 Å². The normalized spacial score (nSPS) is 9.60. The van der Waals surface area contributed by atoms with Crippen molar-refractivity contribution in [2.45, 2.75) is 6.61 Å². The van der Waals surface area contributed by atoms with Crippen molar-refractivity contribution in [3.63, 3.8) is 0 Å². The van der Waals surface area contributed by atoms with Crippen LogP contribution < -0.4 is 5.73 Å². The van der Waals surface area contributed by atoms with E-state index in [1.807, 2.05) is 0 Å². The summed E-state index contributed by atoms with van der Waals surface area (Å²) in [4.78, 5) is 28.5. The summed E-state index contributed by atoms with van der Waals surface area (Å²) in [5.41, 5.74) is 4.82. The molecule has 2 N–H and O–H groups in total. The number of rotatable bonds is 4. The molecule has 0 unspecified atom stereocenters. The van der Waals surface area contributed by atoms with Crippen LogP contribution in [0.5, 0.6) is 0 Å². The molecule has 0 aromatic heterocycles. The number of primary amides is 1. The fourth-order valence-corrected chi connectivity index (χ4v) is 0.962. The summed E-state index contributed by atoms with van der Waals surface area (Å²) < 4.78 is 0. The lowest BCUT2D eigenvalue weighted by atomic mass is 10.2. The molecule has 7 heteroatoms. The Morgan fingerprint density at radius 2 is 2.13 bits per heavy atom. The number of amides is 1. The zero-order valence-electron chi connectivity index (χ0n) is 7.58. The van der Waals surface area contributed by atoms with Gasteiger partial charge in [0.15, 0.2) is 0 Å². The molecule has 1 rings (SSSR count). The van der Waals surface area contributed by atoms with Gasteiger partial charge in [0, 0.05) is 6.07 Å². The summed E-state index contributed by atoms with van der Waals surface area (Å²) in [6.07, 6.45) is -1.10. The van der Waals surface area contributed by atoms with Gasteiger partial charge in [-0.2, -0.15) is 4.89 Å². The lowest BCUT2D eigenvalue weighted by molar-refractivity contribution is -0.386. The maximum atomic E-state index is 10.5. The summed E-state index contributed by atoms with van der Waals surface area (Å²) in [6, 6.07) is 5.94. The first-order chi connectivity index (χ1) is 7.11. The van der Waals surface area contributed by atoms with E-state index in [1.165, 1.54) is 18.2 Å². The lowest BCUT2D eigenvalue weighted by Gasteiger charge is -2.01. The SMILES string of the molecule is NC(=O)OOCc1ccccc1[N+](=O)[O-]. The largest absolute Gasteiger partial charge is 0.436 e. The first-order valence-corrected chi connectivity index (χ1v) is 3.92. The van der Waals surface area contributed by atoms with Gasteiger partial charge in [-0.25, -0.2) is 4.79 Å². The third-order valence-corrected chi connectivity index (χ3v) is 1.54. The predicted molar refractivity (Wildman–Crippen MR) is 48.6 cm³/mol. The van der Waals surface area contributed by atoms with E-state index in [-0.39, 0.29) is 12.3 Å². The molecule has 1 aromatic carbocycles. The van der Waals surface area contributed by atoms with Gasteiger partial charge in [-0.1, -0.05) is 12.1 Å². The number of hydrogen-bond acceptors (Lipinski definition) is 5. The van der Waals surface area contributed by atoms with E-state index in [0.29, 0.717) is 5.56 Å². The van der Waals surface area contributed by atoms with Crippen molar-refractivity contribution in [1.82, 2.24) is 0 Å². The lowest BCUT2D eigenvalue weighted by Crippen LogP contribution is -2.13. The van der Waals surface area contributed by atoms with Gasteiger partial charge < -0.3 is 5.73 Å². The number of carbonyl (C=O) groups excluding carboxylic acids is 1. The van der Waals surface area contributed by atoms with Gasteiger partial charge in [0.1, 0.15) is 6.61 Å². The molecular formula is C8H8N2O5. The molecule has 0 saturated carbocycles. The van der Waals surface area contributed by atoms with Crippen molar-refractivity contribution in [3.05, 3.63) is 39.9 Å². The second-order valence-corrected chi connectivity index (χ2v) is 2.55. The molecule has 0 atom stereocenters. The van der Waals surface area contributed by atoms with Gasteiger partial charge in [0.05, 0.1) is 10.5 Å². The monoisotopic (exact) mass is 212 g/mol. The van der Waals surface area contributed by atoms with Crippen molar-refractivity contribution in [3.8, 4) is 0 Å². The summed E-state index contributed by atoms with van der Waals surface area (Å²) >= 11 is 0. The van der Waals surface area contributed by atoms with Crippen LogP contribution in [0.4, 0.5) is 10.5 Å². The first-order valence-electron chi connectivity index (χ1n) is 3.92. The van der Waals surface area contributed by atoms with E-state index in [0.717, 1.165) is 0 Å². The zero-order valence-corrected chi connectivity index (χ0v) is 7.58. The number of nitro groups is 1. The molecule has 7 nitrogen and oxygen atoms in total. The fourth-order valence-electron chi connectivity index (χ4n) is 0.962. The zero-order chi connectivity index (χ0) is 11.3. The third-order valence-electron chi connectivity index (χ3n) is 1.54. The molecule has 0 spiro atoms. The molecule has 0 bridgehead atoms. The topological polar surface area (TPSA) is 105 Å². The van der Waals surface area contributed by atoms with Crippen LogP contribution in [-0.4, -0.2) is 11.0 Å². The molecule has 15 heavy (non-hydrogen) atoms. The highest BCUT2D eigenvalue weighted by Crippen LogP contribution is 2.18. The fraction of sp³-hybridized carbons (Fsp3) is 0.125. The molecule has 0 aliphatic heterocycles. The smallest absolute Gasteiger partial charge is 0.333 e. The van der Waals surface area contributed by atoms with Crippen molar-refractivity contribution < 1.29 is 19.5 Å². The van der Waals surface area contributed by atoms with E-state index in [4.69, 9.17) is 0 Å². The number of hydrogen-bond donors (Lipinski definition) is 1. The van der Waals surface area contributed by atoms with Crippen molar-refractivity contribution in [1.29, 1.82) is 0 Å².